The Morgan fingerprint density at radius 2 is 1.31 bits per heavy atom. The third-order valence-corrected chi connectivity index (χ3v) is 3.41. The summed E-state index contributed by atoms with van der Waals surface area (Å²) < 4.78 is 4.80. The highest BCUT2D eigenvalue weighted by molar-refractivity contribution is 5.75. The molecule has 3 N–H and O–H groups in total. The van der Waals surface area contributed by atoms with Crippen LogP contribution in [0.25, 0.3) is 0 Å². The molecule has 2 aromatic rings. The van der Waals surface area contributed by atoms with Gasteiger partial charge in [-0.3, -0.25) is 9.59 Å². The maximum absolute atomic E-state index is 11.2. The molecule has 0 amide bonds. The zero-order valence-electron chi connectivity index (χ0n) is 15.7. The summed E-state index contributed by atoms with van der Waals surface area (Å²) in [5, 5.41) is 9.15. The molecular weight excluding hydrogens is 330 g/mol. The molecule has 0 aliphatic carbocycles. The third kappa shape index (κ3) is 7.49. The third-order valence-electron chi connectivity index (χ3n) is 3.41. The van der Waals surface area contributed by atoms with E-state index in [0.29, 0.717) is 0 Å². The van der Waals surface area contributed by atoms with Crippen molar-refractivity contribution in [3.8, 4) is 0 Å². The minimum absolute atomic E-state index is 0.225. The van der Waals surface area contributed by atoms with Crippen LogP contribution in [0.1, 0.15) is 44.7 Å². The van der Waals surface area contributed by atoms with Gasteiger partial charge in [-0.15, -0.1) is 0 Å². The lowest BCUT2D eigenvalue weighted by molar-refractivity contribution is -0.151. The van der Waals surface area contributed by atoms with Crippen molar-refractivity contribution in [2.24, 2.45) is 5.73 Å². The molecule has 140 valence electrons. The molecule has 0 aromatic heterocycles. The number of carbonyl (C=O) groups excluding carboxylic acids is 1. The lowest BCUT2D eigenvalue weighted by atomic mass is 9.85. The second-order valence-corrected chi connectivity index (χ2v) is 6.87. The zero-order valence-corrected chi connectivity index (χ0v) is 15.7. The highest BCUT2D eigenvalue weighted by atomic mass is 16.6. The molecular formula is C21H27NO4. The molecule has 1 atom stereocenters. The molecule has 5 nitrogen and oxygen atoms in total. The van der Waals surface area contributed by atoms with Gasteiger partial charge in [-0.2, -0.15) is 0 Å². The predicted molar refractivity (Wildman–Crippen MR) is 102 cm³/mol. The van der Waals surface area contributed by atoms with E-state index in [1.165, 1.54) is 6.92 Å². The fourth-order valence-electron chi connectivity index (χ4n) is 2.50. The van der Waals surface area contributed by atoms with Gasteiger partial charge in [0.15, 0.2) is 0 Å². The first-order valence-electron chi connectivity index (χ1n) is 8.39. The van der Waals surface area contributed by atoms with Crippen molar-refractivity contribution >= 4 is 11.9 Å². The number of nitrogens with two attached hydrogens (primary N) is 1. The van der Waals surface area contributed by atoms with Crippen LogP contribution in [0.3, 0.4) is 0 Å². The average molecular weight is 357 g/mol. The van der Waals surface area contributed by atoms with Gasteiger partial charge >= 0.3 is 11.9 Å². The Morgan fingerprint density at radius 1 is 0.923 bits per heavy atom. The number of ether oxygens (including phenoxy) is 1. The summed E-state index contributed by atoms with van der Waals surface area (Å²) in [6.45, 7) is 6.93. The van der Waals surface area contributed by atoms with Gasteiger partial charge < -0.3 is 15.6 Å². The molecule has 0 spiro atoms. The molecule has 2 rings (SSSR count). The SMILES string of the molecule is CC(=O)OC(C)(C)C.NC(C(=O)O)C(c1ccccc1)c1ccccc1. The van der Waals surface area contributed by atoms with Crippen LogP contribution in [0, 0.1) is 0 Å². The summed E-state index contributed by atoms with van der Waals surface area (Å²) >= 11 is 0. The van der Waals surface area contributed by atoms with Gasteiger partial charge in [0.25, 0.3) is 0 Å². The molecule has 0 radical (unpaired) electrons. The second kappa shape index (κ2) is 9.73. The van der Waals surface area contributed by atoms with Crippen molar-refractivity contribution in [2.45, 2.75) is 45.3 Å². The van der Waals surface area contributed by atoms with E-state index in [4.69, 9.17) is 15.6 Å². The topological polar surface area (TPSA) is 89.6 Å². The highest BCUT2D eigenvalue weighted by Gasteiger charge is 2.26. The normalized spacial score (nSPS) is 11.9. The first-order valence-corrected chi connectivity index (χ1v) is 8.39. The van der Waals surface area contributed by atoms with Crippen molar-refractivity contribution in [1.29, 1.82) is 0 Å². The van der Waals surface area contributed by atoms with Crippen LogP contribution in [0.2, 0.25) is 0 Å². The molecule has 0 bridgehead atoms. The standard InChI is InChI=1S/C15H15NO2.C6H12O2/c16-14(15(17)18)13(11-7-3-1-4-8-11)12-9-5-2-6-10-12;1-5(7)8-6(2,3)4/h1-10,13-14H,16H2,(H,17,18);1-4H3. The lowest BCUT2D eigenvalue weighted by Gasteiger charge is -2.21. The Morgan fingerprint density at radius 3 is 1.54 bits per heavy atom. The number of hydrogen-bond acceptors (Lipinski definition) is 4. The van der Waals surface area contributed by atoms with Gasteiger partial charge in [0.1, 0.15) is 11.6 Å². The van der Waals surface area contributed by atoms with Crippen LogP contribution in [-0.2, 0) is 14.3 Å². The van der Waals surface area contributed by atoms with Gasteiger partial charge in [0.2, 0.25) is 0 Å². The predicted octanol–water partition coefficient (Wildman–Crippen LogP) is 3.58. The maximum Gasteiger partial charge on any atom is 0.321 e. The minimum Gasteiger partial charge on any atom is -0.480 e. The van der Waals surface area contributed by atoms with E-state index >= 15 is 0 Å². The van der Waals surface area contributed by atoms with E-state index in [-0.39, 0.29) is 17.5 Å². The van der Waals surface area contributed by atoms with Gasteiger partial charge in [-0.25, -0.2) is 0 Å². The molecule has 5 heteroatoms. The van der Waals surface area contributed by atoms with Crippen LogP contribution in [-0.4, -0.2) is 28.7 Å². The molecule has 0 fully saturated rings. The molecule has 26 heavy (non-hydrogen) atoms. The molecule has 0 aliphatic rings. The van der Waals surface area contributed by atoms with Crippen LogP contribution in [0.5, 0.6) is 0 Å². The van der Waals surface area contributed by atoms with E-state index < -0.39 is 12.0 Å². The van der Waals surface area contributed by atoms with E-state index in [1.54, 1.807) is 0 Å². The van der Waals surface area contributed by atoms with Gasteiger partial charge in [-0.05, 0) is 31.9 Å². The summed E-state index contributed by atoms with van der Waals surface area (Å²) in [6.07, 6.45) is 0. The number of esters is 1. The molecule has 0 heterocycles. The number of hydrogen-bond donors (Lipinski definition) is 2. The minimum atomic E-state index is -0.993. The summed E-state index contributed by atoms with van der Waals surface area (Å²) in [6, 6.07) is 18.0. The molecule has 0 aliphatic heterocycles. The quantitative estimate of drug-likeness (QED) is 0.816. The van der Waals surface area contributed by atoms with Crippen molar-refractivity contribution in [3.63, 3.8) is 0 Å². The Kier molecular flexibility index (Phi) is 8.00. The van der Waals surface area contributed by atoms with Crippen LogP contribution in [0.4, 0.5) is 0 Å². The molecule has 0 saturated carbocycles. The molecule has 0 saturated heterocycles. The maximum atomic E-state index is 11.2. The number of carboxylic acid groups (broad SMARTS) is 1. The summed E-state index contributed by atoms with van der Waals surface area (Å²) in [5.41, 5.74) is 7.33. The number of aliphatic carboxylic acids is 1. The van der Waals surface area contributed by atoms with Crippen molar-refractivity contribution in [2.75, 3.05) is 0 Å². The summed E-state index contributed by atoms with van der Waals surface area (Å²) in [7, 11) is 0. The fourth-order valence-corrected chi connectivity index (χ4v) is 2.50. The highest BCUT2D eigenvalue weighted by Crippen LogP contribution is 2.27. The lowest BCUT2D eigenvalue weighted by Crippen LogP contribution is -2.37. The molecule has 2 aromatic carbocycles. The van der Waals surface area contributed by atoms with E-state index in [9.17, 15) is 9.59 Å². The first-order chi connectivity index (χ1) is 12.1. The number of carbonyl (C=O) groups is 2. The monoisotopic (exact) mass is 357 g/mol. The first kappa shape index (κ1) is 21.4. The Labute approximate surface area is 154 Å². The second-order valence-electron chi connectivity index (χ2n) is 6.87. The summed E-state index contributed by atoms with van der Waals surface area (Å²) in [4.78, 5) is 21.4. The van der Waals surface area contributed by atoms with E-state index in [2.05, 4.69) is 0 Å². The number of carboxylic acids is 1. The van der Waals surface area contributed by atoms with Gasteiger partial charge in [0, 0.05) is 12.8 Å². The Hall–Kier alpha value is -2.66. The average Bonchev–Trinajstić information content (AvgIpc) is 2.55. The van der Waals surface area contributed by atoms with Crippen LogP contribution in [0.15, 0.2) is 60.7 Å². The van der Waals surface area contributed by atoms with Crippen molar-refractivity contribution in [1.82, 2.24) is 0 Å². The Bertz CT molecular complexity index is 653. The number of benzene rings is 2. The molecule has 1 unspecified atom stereocenters. The van der Waals surface area contributed by atoms with E-state index in [1.807, 2.05) is 81.4 Å². The fraction of sp³-hybridized carbons (Fsp3) is 0.333. The van der Waals surface area contributed by atoms with E-state index in [0.717, 1.165) is 11.1 Å². The number of rotatable bonds is 4. The van der Waals surface area contributed by atoms with Gasteiger partial charge in [0.05, 0.1) is 0 Å². The van der Waals surface area contributed by atoms with Crippen LogP contribution >= 0.6 is 0 Å². The summed E-state index contributed by atoms with van der Waals surface area (Å²) in [5.74, 6) is -1.55. The van der Waals surface area contributed by atoms with Crippen LogP contribution < -0.4 is 5.73 Å². The smallest absolute Gasteiger partial charge is 0.321 e. The zero-order chi connectivity index (χ0) is 19.7. The van der Waals surface area contributed by atoms with Crippen molar-refractivity contribution in [3.05, 3.63) is 71.8 Å². The van der Waals surface area contributed by atoms with Gasteiger partial charge in [-0.1, -0.05) is 60.7 Å². The largest absolute Gasteiger partial charge is 0.480 e. The Balaban J connectivity index is 0.000000359. The van der Waals surface area contributed by atoms with Crippen molar-refractivity contribution < 1.29 is 19.4 Å².